The first-order valence-electron chi connectivity index (χ1n) is 6.89. The van der Waals surface area contributed by atoms with E-state index in [4.69, 9.17) is 0 Å². The molecule has 0 unspecified atom stereocenters. The quantitative estimate of drug-likeness (QED) is 0.745. The molecule has 18 heavy (non-hydrogen) atoms. The van der Waals surface area contributed by atoms with E-state index in [1.807, 2.05) is 13.1 Å². The third-order valence-corrected chi connectivity index (χ3v) is 3.92. The molecule has 1 heterocycles. The summed E-state index contributed by atoms with van der Waals surface area (Å²) in [5, 5.41) is 12.6. The SMILES string of the molecule is CCC(CC)(CCO)CNCc1ccc(C)cn1. The number of pyridine rings is 1. The summed E-state index contributed by atoms with van der Waals surface area (Å²) >= 11 is 0. The number of aryl methyl sites for hydroxylation is 1. The zero-order valence-corrected chi connectivity index (χ0v) is 11.9. The van der Waals surface area contributed by atoms with Crippen LogP contribution >= 0.6 is 0 Å². The number of rotatable bonds is 8. The largest absolute Gasteiger partial charge is 0.396 e. The normalized spacial score (nSPS) is 11.8. The molecule has 0 amide bonds. The first kappa shape index (κ1) is 15.1. The lowest BCUT2D eigenvalue weighted by molar-refractivity contribution is 0.163. The Morgan fingerprint density at radius 2 is 2.00 bits per heavy atom. The molecule has 0 fully saturated rings. The second kappa shape index (κ2) is 7.49. The molecule has 0 saturated heterocycles. The van der Waals surface area contributed by atoms with Crippen LogP contribution < -0.4 is 5.32 Å². The van der Waals surface area contributed by atoms with Gasteiger partial charge >= 0.3 is 0 Å². The molecule has 0 bridgehead atoms. The number of hydrogen-bond donors (Lipinski definition) is 2. The lowest BCUT2D eigenvalue weighted by Crippen LogP contribution is -2.34. The molecule has 1 rings (SSSR count). The van der Waals surface area contributed by atoms with Crippen LogP contribution in [0.4, 0.5) is 0 Å². The molecule has 0 aromatic carbocycles. The van der Waals surface area contributed by atoms with E-state index in [-0.39, 0.29) is 12.0 Å². The van der Waals surface area contributed by atoms with Gasteiger partial charge in [0.15, 0.2) is 0 Å². The lowest BCUT2D eigenvalue weighted by Gasteiger charge is -2.31. The van der Waals surface area contributed by atoms with Crippen LogP contribution in [-0.2, 0) is 6.54 Å². The van der Waals surface area contributed by atoms with Crippen LogP contribution in [-0.4, -0.2) is 23.2 Å². The molecule has 0 aliphatic rings. The third-order valence-electron chi connectivity index (χ3n) is 3.92. The van der Waals surface area contributed by atoms with Crippen LogP contribution in [0.15, 0.2) is 18.3 Å². The van der Waals surface area contributed by atoms with E-state index in [9.17, 15) is 5.11 Å². The fourth-order valence-corrected chi connectivity index (χ4v) is 2.24. The highest BCUT2D eigenvalue weighted by atomic mass is 16.3. The predicted molar refractivity (Wildman–Crippen MR) is 75.4 cm³/mol. The number of nitrogens with one attached hydrogen (secondary N) is 1. The smallest absolute Gasteiger partial charge is 0.0541 e. The standard InChI is InChI=1S/C15H26N2O/c1-4-15(5-2,8-9-18)12-16-11-14-7-6-13(3)10-17-14/h6-7,10,16,18H,4-5,8-9,11-12H2,1-3H3. The number of hydrogen-bond acceptors (Lipinski definition) is 3. The van der Waals surface area contributed by atoms with Gasteiger partial charge in [-0.15, -0.1) is 0 Å². The van der Waals surface area contributed by atoms with Gasteiger partial charge < -0.3 is 10.4 Å². The van der Waals surface area contributed by atoms with Gasteiger partial charge in [-0.2, -0.15) is 0 Å². The highest BCUT2D eigenvalue weighted by Crippen LogP contribution is 2.29. The molecule has 0 aliphatic heterocycles. The highest BCUT2D eigenvalue weighted by Gasteiger charge is 2.24. The summed E-state index contributed by atoms with van der Waals surface area (Å²) in [6, 6.07) is 4.15. The third kappa shape index (κ3) is 4.39. The molecule has 0 atom stereocenters. The molecule has 0 saturated carbocycles. The molecular formula is C15H26N2O. The maximum absolute atomic E-state index is 9.17. The van der Waals surface area contributed by atoms with Crippen molar-refractivity contribution in [2.24, 2.45) is 5.41 Å². The summed E-state index contributed by atoms with van der Waals surface area (Å²) in [6.45, 7) is 8.45. The van der Waals surface area contributed by atoms with Gasteiger partial charge in [0.2, 0.25) is 0 Å². The minimum atomic E-state index is 0.222. The molecule has 1 aromatic heterocycles. The van der Waals surface area contributed by atoms with Crippen LogP contribution in [0.2, 0.25) is 0 Å². The summed E-state index contributed by atoms with van der Waals surface area (Å²) in [4.78, 5) is 4.38. The van der Waals surface area contributed by atoms with Crippen molar-refractivity contribution in [2.45, 2.75) is 46.6 Å². The van der Waals surface area contributed by atoms with Gasteiger partial charge in [0.1, 0.15) is 0 Å². The maximum atomic E-state index is 9.17. The topological polar surface area (TPSA) is 45.1 Å². The maximum Gasteiger partial charge on any atom is 0.0541 e. The molecule has 3 nitrogen and oxygen atoms in total. The average Bonchev–Trinajstić information content (AvgIpc) is 2.40. The highest BCUT2D eigenvalue weighted by molar-refractivity contribution is 5.11. The Kier molecular flexibility index (Phi) is 6.30. The second-order valence-corrected chi connectivity index (χ2v) is 5.11. The van der Waals surface area contributed by atoms with Gasteiger partial charge in [-0.3, -0.25) is 4.98 Å². The van der Waals surface area contributed by atoms with Crippen LogP contribution in [0.3, 0.4) is 0 Å². The summed E-state index contributed by atoms with van der Waals surface area (Å²) in [6.07, 6.45) is 4.96. The zero-order valence-electron chi connectivity index (χ0n) is 11.9. The zero-order chi connectivity index (χ0) is 13.4. The Balaban J connectivity index is 2.45. The van der Waals surface area contributed by atoms with Crippen molar-refractivity contribution in [2.75, 3.05) is 13.2 Å². The number of aromatic nitrogens is 1. The number of nitrogens with zero attached hydrogens (tertiary/aromatic N) is 1. The molecule has 0 radical (unpaired) electrons. The van der Waals surface area contributed by atoms with Crippen molar-refractivity contribution in [1.82, 2.24) is 10.3 Å². The molecule has 0 aliphatic carbocycles. The molecule has 1 aromatic rings. The summed E-state index contributed by atoms with van der Waals surface area (Å²) in [5.74, 6) is 0. The van der Waals surface area contributed by atoms with E-state index in [1.54, 1.807) is 0 Å². The van der Waals surface area contributed by atoms with Crippen LogP contribution in [0.1, 0.15) is 44.4 Å². The minimum Gasteiger partial charge on any atom is -0.396 e. The van der Waals surface area contributed by atoms with Crippen LogP contribution in [0.5, 0.6) is 0 Å². The summed E-state index contributed by atoms with van der Waals surface area (Å²) < 4.78 is 0. The van der Waals surface area contributed by atoms with Crippen molar-refractivity contribution in [3.8, 4) is 0 Å². The second-order valence-electron chi connectivity index (χ2n) is 5.11. The van der Waals surface area contributed by atoms with Gasteiger partial charge in [0.25, 0.3) is 0 Å². The first-order valence-corrected chi connectivity index (χ1v) is 6.89. The van der Waals surface area contributed by atoms with Gasteiger partial charge in [-0.25, -0.2) is 0 Å². The van der Waals surface area contributed by atoms with Crippen molar-refractivity contribution < 1.29 is 5.11 Å². The Hall–Kier alpha value is -0.930. The van der Waals surface area contributed by atoms with Crippen LogP contribution in [0.25, 0.3) is 0 Å². The van der Waals surface area contributed by atoms with Crippen molar-refractivity contribution in [3.63, 3.8) is 0 Å². The Morgan fingerprint density at radius 1 is 1.28 bits per heavy atom. The van der Waals surface area contributed by atoms with E-state index in [1.165, 1.54) is 5.56 Å². The van der Waals surface area contributed by atoms with E-state index in [2.05, 4.69) is 36.3 Å². The van der Waals surface area contributed by atoms with E-state index in [0.29, 0.717) is 0 Å². The van der Waals surface area contributed by atoms with Crippen molar-refractivity contribution >= 4 is 0 Å². The molecule has 0 spiro atoms. The summed E-state index contributed by atoms with van der Waals surface area (Å²) in [7, 11) is 0. The van der Waals surface area contributed by atoms with Crippen molar-refractivity contribution in [3.05, 3.63) is 29.6 Å². The average molecular weight is 250 g/mol. The fourth-order valence-electron chi connectivity index (χ4n) is 2.24. The van der Waals surface area contributed by atoms with Gasteiger partial charge in [-0.1, -0.05) is 19.9 Å². The van der Waals surface area contributed by atoms with Gasteiger partial charge in [-0.05, 0) is 43.2 Å². The molecule has 3 heteroatoms. The Bertz CT molecular complexity index is 331. The molecule has 102 valence electrons. The molecular weight excluding hydrogens is 224 g/mol. The van der Waals surface area contributed by atoms with E-state index in [0.717, 1.165) is 38.0 Å². The minimum absolute atomic E-state index is 0.222. The summed E-state index contributed by atoms with van der Waals surface area (Å²) in [5.41, 5.74) is 2.49. The monoisotopic (exact) mass is 250 g/mol. The lowest BCUT2D eigenvalue weighted by atomic mass is 9.79. The van der Waals surface area contributed by atoms with E-state index < -0.39 is 0 Å². The van der Waals surface area contributed by atoms with Gasteiger partial charge in [0, 0.05) is 25.9 Å². The number of aliphatic hydroxyl groups excluding tert-OH is 1. The Labute approximate surface area is 111 Å². The van der Waals surface area contributed by atoms with Gasteiger partial charge in [0.05, 0.1) is 5.69 Å². The fraction of sp³-hybridized carbons (Fsp3) is 0.667. The van der Waals surface area contributed by atoms with E-state index >= 15 is 0 Å². The first-order chi connectivity index (χ1) is 8.65. The number of aliphatic hydroxyl groups is 1. The van der Waals surface area contributed by atoms with Crippen LogP contribution in [0, 0.1) is 12.3 Å². The predicted octanol–water partition coefficient (Wildman–Crippen LogP) is 2.67. The van der Waals surface area contributed by atoms with Crippen molar-refractivity contribution in [1.29, 1.82) is 0 Å². The molecule has 2 N–H and O–H groups in total. The Morgan fingerprint density at radius 3 is 2.50 bits per heavy atom.